The van der Waals surface area contributed by atoms with Crippen LogP contribution in [0.25, 0.3) is 16.3 Å². The van der Waals surface area contributed by atoms with Gasteiger partial charge in [0.15, 0.2) is 0 Å². The number of hydrogen-bond acceptors (Lipinski definition) is 3. The third-order valence-electron chi connectivity index (χ3n) is 7.09. The van der Waals surface area contributed by atoms with Gasteiger partial charge in [0.2, 0.25) is 5.91 Å². The number of allylic oxidation sites excluding steroid dienone is 4. The SMILES string of the molecule is CC(C)(N)C(=O)NC(COCc1ccccc1)c1ccc2ccc3c(c2c1)CCC1=C3C=CCC1. The van der Waals surface area contributed by atoms with Gasteiger partial charge in [-0.25, -0.2) is 0 Å². The topological polar surface area (TPSA) is 64.4 Å². The minimum absolute atomic E-state index is 0.192. The van der Waals surface area contributed by atoms with Crippen molar-refractivity contribution in [3.63, 3.8) is 0 Å². The van der Waals surface area contributed by atoms with Gasteiger partial charge in [-0.3, -0.25) is 4.79 Å². The Labute approximate surface area is 207 Å². The molecular formula is C31H34N2O2. The summed E-state index contributed by atoms with van der Waals surface area (Å²) >= 11 is 0. The molecule has 1 amide bonds. The van der Waals surface area contributed by atoms with Crippen LogP contribution in [0.4, 0.5) is 0 Å². The van der Waals surface area contributed by atoms with Crippen LogP contribution in [-0.2, 0) is 22.6 Å². The van der Waals surface area contributed by atoms with E-state index < -0.39 is 5.54 Å². The maximum absolute atomic E-state index is 12.8. The van der Waals surface area contributed by atoms with Crippen LogP contribution in [0.3, 0.4) is 0 Å². The number of amides is 1. The quantitative estimate of drug-likeness (QED) is 0.449. The highest BCUT2D eigenvalue weighted by atomic mass is 16.5. The predicted molar refractivity (Wildman–Crippen MR) is 143 cm³/mol. The van der Waals surface area contributed by atoms with Crippen molar-refractivity contribution in [2.75, 3.05) is 6.61 Å². The highest BCUT2D eigenvalue weighted by Crippen LogP contribution is 2.40. The van der Waals surface area contributed by atoms with Crippen molar-refractivity contribution in [3.05, 3.63) is 101 Å². The standard InChI is InChI=1S/C31H34N2O2/c1-31(2,32)30(34)33-29(20-35-19-21-8-4-3-5-9-21)24-13-12-23-15-16-26-25-11-7-6-10-22(25)14-17-27(26)28(23)18-24/h3-5,7-9,11-13,15-16,18,29H,6,10,14,17,19-20,32H2,1-2H3,(H,33,34). The van der Waals surface area contributed by atoms with Crippen LogP contribution in [0.2, 0.25) is 0 Å². The van der Waals surface area contributed by atoms with Crippen LogP contribution < -0.4 is 11.1 Å². The molecule has 0 heterocycles. The molecule has 2 aliphatic carbocycles. The summed E-state index contributed by atoms with van der Waals surface area (Å²) in [4.78, 5) is 12.8. The molecule has 0 bridgehead atoms. The number of fused-ring (bicyclic) bond motifs is 4. The number of ether oxygens (including phenoxy) is 1. The Bertz CT molecular complexity index is 1300. The lowest BCUT2D eigenvalue weighted by molar-refractivity contribution is -0.126. The molecule has 0 saturated carbocycles. The van der Waals surface area contributed by atoms with E-state index in [1.54, 1.807) is 19.4 Å². The van der Waals surface area contributed by atoms with E-state index in [2.05, 4.69) is 47.8 Å². The maximum atomic E-state index is 12.8. The van der Waals surface area contributed by atoms with Crippen molar-refractivity contribution in [2.24, 2.45) is 5.73 Å². The molecule has 4 nitrogen and oxygen atoms in total. The molecule has 3 aromatic carbocycles. The number of hydrogen-bond donors (Lipinski definition) is 2. The van der Waals surface area contributed by atoms with Gasteiger partial charge in [0.1, 0.15) is 0 Å². The van der Waals surface area contributed by atoms with Gasteiger partial charge in [0, 0.05) is 0 Å². The van der Waals surface area contributed by atoms with Crippen LogP contribution in [0.15, 0.2) is 78.4 Å². The lowest BCUT2D eigenvalue weighted by Crippen LogP contribution is -2.50. The highest BCUT2D eigenvalue weighted by molar-refractivity contribution is 5.94. The van der Waals surface area contributed by atoms with Gasteiger partial charge in [-0.05, 0) is 84.2 Å². The number of nitrogens with two attached hydrogens (primary N) is 1. The average molecular weight is 467 g/mol. The van der Waals surface area contributed by atoms with Crippen molar-refractivity contribution in [3.8, 4) is 0 Å². The Hall–Kier alpha value is -3.21. The van der Waals surface area contributed by atoms with Gasteiger partial charge < -0.3 is 15.8 Å². The Morgan fingerprint density at radius 2 is 1.86 bits per heavy atom. The first-order valence-corrected chi connectivity index (χ1v) is 12.6. The Morgan fingerprint density at radius 1 is 1.06 bits per heavy atom. The number of carbonyl (C=O) groups excluding carboxylic acids is 1. The number of nitrogens with one attached hydrogen (secondary N) is 1. The largest absolute Gasteiger partial charge is 0.374 e. The lowest BCUT2D eigenvalue weighted by atomic mass is 9.79. The molecule has 4 heteroatoms. The molecule has 1 unspecified atom stereocenters. The monoisotopic (exact) mass is 466 g/mol. The van der Waals surface area contributed by atoms with Crippen LogP contribution in [0, 0.1) is 0 Å². The molecule has 180 valence electrons. The second kappa shape index (κ2) is 9.80. The van der Waals surface area contributed by atoms with Crippen molar-refractivity contribution in [2.45, 2.75) is 57.7 Å². The van der Waals surface area contributed by atoms with E-state index in [1.165, 1.54) is 33.9 Å². The second-order valence-electron chi connectivity index (χ2n) is 10.3. The first-order valence-electron chi connectivity index (χ1n) is 12.6. The number of benzene rings is 3. The van der Waals surface area contributed by atoms with E-state index in [9.17, 15) is 4.79 Å². The van der Waals surface area contributed by atoms with Crippen LogP contribution in [0.1, 0.15) is 61.4 Å². The first-order chi connectivity index (χ1) is 16.9. The molecule has 1 atom stereocenters. The minimum Gasteiger partial charge on any atom is -0.374 e. The molecular weight excluding hydrogens is 432 g/mol. The Kier molecular flexibility index (Phi) is 6.59. The van der Waals surface area contributed by atoms with Gasteiger partial charge in [-0.2, -0.15) is 0 Å². The third kappa shape index (κ3) is 5.09. The first kappa shape index (κ1) is 23.5. The normalized spacial score (nSPS) is 16.1. The molecule has 0 aliphatic heterocycles. The van der Waals surface area contributed by atoms with Crippen molar-refractivity contribution in [1.29, 1.82) is 0 Å². The summed E-state index contributed by atoms with van der Waals surface area (Å²) in [6.45, 7) is 4.31. The summed E-state index contributed by atoms with van der Waals surface area (Å²) < 4.78 is 6.07. The van der Waals surface area contributed by atoms with E-state index in [1.807, 2.05) is 30.3 Å². The van der Waals surface area contributed by atoms with Crippen molar-refractivity contribution in [1.82, 2.24) is 5.32 Å². The van der Waals surface area contributed by atoms with Gasteiger partial charge in [-0.1, -0.05) is 72.3 Å². The molecule has 35 heavy (non-hydrogen) atoms. The Balaban J connectivity index is 1.47. The summed E-state index contributed by atoms with van der Waals surface area (Å²) in [5, 5.41) is 5.63. The van der Waals surface area contributed by atoms with Gasteiger partial charge in [0.25, 0.3) is 0 Å². The van der Waals surface area contributed by atoms with Crippen LogP contribution in [-0.4, -0.2) is 18.1 Å². The van der Waals surface area contributed by atoms with E-state index in [-0.39, 0.29) is 11.9 Å². The van der Waals surface area contributed by atoms with Gasteiger partial charge in [-0.15, -0.1) is 0 Å². The zero-order chi connectivity index (χ0) is 24.4. The fourth-order valence-corrected chi connectivity index (χ4v) is 5.10. The average Bonchev–Trinajstić information content (AvgIpc) is 2.87. The smallest absolute Gasteiger partial charge is 0.240 e. The molecule has 3 aromatic rings. The Morgan fingerprint density at radius 3 is 2.66 bits per heavy atom. The molecule has 0 aromatic heterocycles. The fourth-order valence-electron chi connectivity index (χ4n) is 5.10. The predicted octanol–water partition coefficient (Wildman–Crippen LogP) is 6.00. The minimum atomic E-state index is -0.968. The highest BCUT2D eigenvalue weighted by Gasteiger charge is 2.26. The summed E-state index contributed by atoms with van der Waals surface area (Å²) in [5.74, 6) is -0.192. The summed E-state index contributed by atoms with van der Waals surface area (Å²) in [6, 6.07) is 20.8. The fraction of sp³-hybridized carbons (Fsp3) is 0.323. The maximum Gasteiger partial charge on any atom is 0.240 e. The molecule has 3 N–H and O–H groups in total. The molecule has 5 rings (SSSR count). The lowest BCUT2D eigenvalue weighted by Gasteiger charge is -2.27. The van der Waals surface area contributed by atoms with Gasteiger partial charge in [0.05, 0.1) is 24.8 Å². The number of aryl methyl sites for hydroxylation is 1. The number of rotatable bonds is 7. The van der Waals surface area contributed by atoms with E-state index >= 15 is 0 Å². The van der Waals surface area contributed by atoms with E-state index in [0.717, 1.165) is 30.4 Å². The molecule has 0 saturated heterocycles. The second-order valence-corrected chi connectivity index (χ2v) is 10.3. The van der Waals surface area contributed by atoms with Crippen molar-refractivity contribution >= 4 is 22.3 Å². The third-order valence-corrected chi connectivity index (χ3v) is 7.09. The van der Waals surface area contributed by atoms with E-state index in [4.69, 9.17) is 10.5 Å². The van der Waals surface area contributed by atoms with Crippen LogP contribution in [0.5, 0.6) is 0 Å². The van der Waals surface area contributed by atoms with Gasteiger partial charge >= 0.3 is 0 Å². The summed E-state index contributed by atoms with van der Waals surface area (Å²) in [5.41, 5.74) is 13.0. The van der Waals surface area contributed by atoms with E-state index in [0.29, 0.717) is 13.2 Å². The summed E-state index contributed by atoms with van der Waals surface area (Å²) in [6.07, 6.45) is 9.09. The number of carbonyl (C=O) groups is 1. The zero-order valence-corrected chi connectivity index (χ0v) is 20.6. The molecule has 0 fully saturated rings. The molecule has 2 aliphatic rings. The molecule has 0 radical (unpaired) electrons. The molecule has 0 spiro atoms. The summed E-state index contributed by atoms with van der Waals surface area (Å²) in [7, 11) is 0. The van der Waals surface area contributed by atoms with Crippen molar-refractivity contribution < 1.29 is 9.53 Å². The van der Waals surface area contributed by atoms with Crippen LogP contribution >= 0.6 is 0 Å². The zero-order valence-electron chi connectivity index (χ0n) is 20.6.